The monoisotopic (exact) mass is 408 g/mol. The molecule has 8 heteroatoms. The molecule has 1 saturated heterocycles. The number of carbonyl (C=O) groups is 4. The SMILES string of the molecule is CC(C)c1ccc(C2(C)NC(=O)N(CC(=O)NC(=O)Nc3ccccc3)C2=O)cc1. The van der Waals surface area contributed by atoms with E-state index in [4.69, 9.17) is 0 Å². The van der Waals surface area contributed by atoms with Crippen molar-refractivity contribution in [3.05, 3.63) is 65.7 Å². The Morgan fingerprint density at radius 2 is 1.67 bits per heavy atom. The Balaban J connectivity index is 1.65. The van der Waals surface area contributed by atoms with Gasteiger partial charge in [-0.3, -0.25) is 19.8 Å². The lowest BCUT2D eigenvalue weighted by Crippen LogP contribution is -2.45. The third-order valence-electron chi connectivity index (χ3n) is 5.02. The fourth-order valence-corrected chi connectivity index (χ4v) is 3.23. The summed E-state index contributed by atoms with van der Waals surface area (Å²) in [5, 5.41) is 7.27. The number of rotatable bonds is 5. The van der Waals surface area contributed by atoms with Gasteiger partial charge in [0.15, 0.2) is 0 Å². The molecule has 30 heavy (non-hydrogen) atoms. The molecule has 0 aliphatic carbocycles. The third-order valence-corrected chi connectivity index (χ3v) is 5.02. The van der Waals surface area contributed by atoms with E-state index in [9.17, 15) is 19.2 Å². The van der Waals surface area contributed by atoms with Crippen molar-refractivity contribution in [2.24, 2.45) is 0 Å². The summed E-state index contributed by atoms with van der Waals surface area (Å²) in [7, 11) is 0. The van der Waals surface area contributed by atoms with E-state index < -0.39 is 36.0 Å². The standard InChI is InChI=1S/C22H24N4O4/c1-14(2)15-9-11-16(12-10-15)22(3)19(28)26(21(30)25-22)13-18(27)24-20(29)23-17-7-5-4-6-8-17/h4-12,14H,13H2,1-3H3,(H,25,30)(H2,23,24,27,29). The van der Waals surface area contributed by atoms with Gasteiger partial charge in [0, 0.05) is 5.69 Å². The van der Waals surface area contributed by atoms with Crippen LogP contribution in [0.1, 0.15) is 37.8 Å². The number of nitrogens with one attached hydrogen (secondary N) is 3. The molecule has 1 atom stereocenters. The maximum atomic E-state index is 12.9. The van der Waals surface area contributed by atoms with Crippen molar-refractivity contribution in [2.75, 3.05) is 11.9 Å². The number of carbonyl (C=O) groups excluding carboxylic acids is 4. The lowest BCUT2D eigenvalue weighted by Gasteiger charge is -2.22. The molecule has 156 valence electrons. The molecule has 3 rings (SSSR count). The number of urea groups is 2. The summed E-state index contributed by atoms with van der Waals surface area (Å²) in [6.45, 7) is 5.16. The second-order valence-corrected chi connectivity index (χ2v) is 7.59. The van der Waals surface area contributed by atoms with E-state index in [0.717, 1.165) is 10.5 Å². The highest BCUT2D eigenvalue weighted by atomic mass is 16.2. The predicted molar refractivity (Wildman–Crippen MR) is 112 cm³/mol. The number of hydrogen-bond donors (Lipinski definition) is 3. The van der Waals surface area contributed by atoms with Gasteiger partial charge in [-0.2, -0.15) is 0 Å². The average Bonchev–Trinajstić information content (AvgIpc) is 2.92. The molecule has 8 nitrogen and oxygen atoms in total. The first kappa shape index (κ1) is 21.0. The minimum absolute atomic E-state index is 0.336. The van der Waals surface area contributed by atoms with Crippen LogP contribution in [0.25, 0.3) is 0 Å². The molecule has 1 fully saturated rings. The first-order chi connectivity index (χ1) is 14.2. The van der Waals surface area contributed by atoms with Crippen molar-refractivity contribution in [2.45, 2.75) is 32.2 Å². The van der Waals surface area contributed by atoms with Gasteiger partial charge in [-0.15, -0.1) is 0 Å². The number of para-hydroxylation sites is 1. The van der Waals surface area contributed by atoms with Crippen LogP contribution in [0.3, 0.4) is 0 Å². The number of hydrogen-bond acceptors (Lipinski definition) is 4. The van der Waals surface area contributed by atoms with Crippen molar-refractivity contribution in [3.63, 3.8) is 0 Å². The van der Waals surface area contributed by atoms with Gasteiger partial charge in [0.2, 0.25) is 5.91 Å². The van der Waals surface area contributed by atoms with E-state index >= 15 is 0 Å². The van der Waals surface area contributed by atoms with Crippen molar-refractivity contribution >= 4 is 29.6 Å². The summed E-state index contributed by atoms with van der Waals surface area (Å²) < 4.78 is 0. The first-order valence-electron chi connectivity index (χ1n) is 9.61. The van der Waals surface area contributed by atoms with E-state index in [-0.39, 0.29) is 0 Å². The second kappa shape index (κ2) is 8.36. The maximum absolute atomic E-state index is 12.9. The Hall–Kier alpha value is -3.68. The summed E-state index contributed by atoms with van der Waals surface area (Å²) >= 11 is 0. The van der Waals surface area contributed by atoms with Crippen LogP contribution in [-0.2, 0) is 15.1 Å². The fourth-order valence-electron chi connectivity index (χ4n) is 3.23. The van der Waals surface area contributed by atoms with E-state index in [1.165, 1.54) is 0 Å². The molecule has 0 radical (unpaired) electrons. The van der Waals surface area contributed by atoms with Crippen LogP contribution in [0.4, 0.5) is 15.3 Å². The summed E-state index contributed by atoms with van der Waals surface area (Å²) in [5.74, 6) is -0.988. The van der Waals surface area contributed by atoms with Gasteiger partial charge >= 0.3 is 12.1 Å². The van der Waals surface area contributed by atoms with Gasteiger partial charge < -0.3 is 10.6 Å². The fraction of sp³-hybridized carbons (Fsp3) is 0.273. The summed E-state index contributed by atoms with van der Waals surface area (Å²) in [6.07, 6.45) is 0. The van der Waals surface area contributed by atoms with Crippen LogP contribution in [0.5, 0.6) is 0 Å². The molecule has 1 aliphatic rings. The molecule has 2 aromatic rings. The van der Waals surface area contributed by atoms with Crippen LogP contribution in [0, 0.1) is 0 Å². The predicted octanol–water partition coefficient (Wildman–Crippen LogP) is 2.93. The largest absolute Gasteiger partial charge is 0.325 e. The molecule has 1 heterocycles. The van der Waals surface area contributed by atoms with Gasteiger partial charge in [0.25, 0.3) is 5.91 Å². The number of benzene rings is 2. The van der Waals surface area contributed by atoms with Gasteiger partial charge in [-0.05, 0) is 36.1 Å². The molecule has 6 amide bonds. The zero-order valence-electron chi connectivity index (χ0n) is 17.1. The zero-order valence-corrected chi connectivity index (χ0v) is 17.1. The topological polar surface area (TPSA) is 108 Å². The maximum Gasteiger partial charge on any atom is 0.325 e. The molecule has 0 aromatic heterocycles. The van der Waals surface area contributed by atoms with Crippen molar-refractivity contribution in [1.82, 2.24) is 15.5 Å². The Bertz CT molecular complexity index is 972. The lowest BCUT2D eigenvalue weighted by atomic mass is 9.90. The van der Waals surface area contributed by atoms with Crippen molar-refractivity contribution in [1.29, 1.82) is 0 Å². The van der Waals surface area contributed by atoms with E-state index in [1.54, 1.807) is 49.4 Å². The summed E-state index contributed by atoms with van der Waals surface area (Å²) in [6, 6.07) is 14.6. The van der Waals surface area contributed by atoms with E-state index in [2.05, 4.69) is 29.8 Å². The summed E-state index contributed by atoms with van der Waals surface area (Å²) in [4.78, 5) is 50.3. The number of anilines is 1. The Kier molecular flexibility index (Phi) is 5.86. The minimum atomic E-state index is -1.28. The van der Waals surface area contributed by atoms with Crippen LogP contribution in [-0.4, -0.2) is 35.3 Å². The second-order valence-electron chi connectivity index (χ2n) is 7.59. The minimum Gasteiger partial charge on any atom is -0.319 e. The molecular formula is C22H24N4O4. The van der Waals surface area contributed by atoms with Gasteiger partial charge in [-0.1, -0.05) is 56.3 Å². The van der Waals surface area contributed by atoms with Crippen LogP contribution in [0.2, 0.25) is 0 Å². The van der Waals surface area contributed by atoms with Gasteiger partial charge in [-0.25, -0.2) is 9.59 Å². The van der Waals surface area contributed by atoms with Crippen LogP contribution >= 0.6 is 0 Å². The highest BCUT2D eigenvalue weighted by molar-refractivity contribution is 6.10. The first-order valence-corrected chi connectivity index (χ1v) is 9.61. The van der Waals surface area contributed by atoms with Crippen LogP contribution < -0.4 is 16.0 Å². The Morgan fingerprint density at radius 1 is 1.03 bits per heavy atom. The van der Waals surface area contributed by atoms with E-state index in [0.29, 0.717) is 17.2 Å². The normalized spacial score (nSPS) is 18.3. The molecule has 2 aromatic carbocycles. The highest BCUT2D eigenvalue weighted by Crippen LogP contribution is 2.29. The molecular weight excluding hydrogens is 384 g/mol. The number of amides is 6. The van der Waals surface area contributed by atoms with Crippen LogP contribution in [0.15, 0.2) is 54.6 Å². The Labute approximate surface area is 174 Å². The molecule has 1 aliphatic heterocycles. The van der Waals surface area contributed by atoms with Gasteiger partial charge in [0.1, 0.15) is 12.1 Å². The number of nitrogens with zero attached hydrogens (tertiary/aromatic N) is 1. The Morgan fingerprint density at radius 3 is 2.27 bits per heavy atom. The zero-order chi connectivity index (χ0) is 21.9. The van der Waals surface area contributed by atoms with Crippen molar-refractivity contribution < 1.29 is 19.2 Å². The number of imide groups is 2. The summed E-state index contributed by atoms with van der Waals surface area (Å²) in [5.41, 5.74) is 0.962. The lowest BCUT2D eigenvalue weighted by molar-refractivity contribution is -0.134. The molecule has 0 spiro atoms. The average molecular weight is 408 g/mol. The smallest absolute Gasteiger partial charge is 0.319 e. The van der Waals surface area contributed by atoms with Gasteiger partial charge in [0.05, 0.1) is 0 Å². The molecule has 1 unspecified atom stereocenters. The molecule has 0 saturated carbocycles. The van der Waals surface area contributed by atoms with Crippen molar-refractivity contribution in [3.8, 4) is 0 Å². The van der Waals surface area contributed by atoms with E-state index in [1.807, 2.05) is 12.1 Å². The molecule has 0 bridgehead atoms. The quantitative estimate of drug-likeness (QED) is 0.661. The highest BCUT2D eigenvalue weighted by Gasteiger charge is 2.49. The molecule has 3 N–H and O–H groups in total. The third kappa shape index (κ3) is 4.32.